The van der Waals surface area contributed by atoms with Crippen LogP contribution < -0.4 is 0 Å². The molecule has 1 aromatic rings. The van der Waals surface area contributed by atoms with E-state index < -0.39 is 5.54 Å². The fourth-order valence-corrected chi connectivity index (χ4v) is 2.31. The third-order valence-corrected chi connectivity index (χ3v) is 3.74. The minimum atomic E-state index is -0.911. The average molecular weight is 311 g/mol. The topological polar surface area (TPSA) is 56.5 Å². The van der Waals surface area contributed by atoms with Gasteiger partial charge in [-0.15, -0.1) is 0 Å². The number of rotatable bonds is 3. The molecule has 4 nitrogen and oxygen atoms in total. The van der Waals surface area contributed by atoms with Crippen molar-refractivity contribution in [2.45, 2.75) is 12.1 Å². The van der Waals surface area contributed by atoms with Crippen molar-refractivity contribution in [3.05, 3.63) is 34.3 Å². The lowest BCUT2D eigenvalue weighted by Gasteiger charge is -2.40. The van der Waals surface area contributed by atoms with Crippen molar-refractivity contribution >= 4 is 15.9 Å². The molecule has 1 aliphatic heterocycles. The first kappa shape index (κ1) is 13.5. The number of nitriles is 1. The Morgan fingerprint density at radius 3 is 2.78 bits per heavy atom. The SMILES string of the molecule is N#C[C@]1(CO)COCCN1Cc1ccc(Br)cc1. The molecule has 96 valence electrons. The number of benzene rings is 1. The van der Waals surface area contributed by atoms with Crippen LogP contribution in [0, 0.1) is 11.3 Å². The molecule has 0 radical (unpaired) electrons. The summed E-state index contributed by atoms with van der Waals surface area (Å²) in [5, 5.41) is 18.8. The summed E-state index contributed by atoms with van der Waals surface area (Å²) in [5.74, 6) is 0. The van der Waals surface area contributed by atoms with Crippen LogP contribution in [0.2, 0.25) is 0 Å². The van der Waals surface area contributed by atoms with Gasteiger partial charge in [0.2, 0.25) is 0 Å². The van der Waals surface area contributed by atoms with E-state index >= 15 is 0 Å². The summed E-state index contributed by atoms with van der Waals surface area (Å²) in [4.78, 5) is 1.99. The molecule has 0 aromatic heterocycles. The largest absolute Gasteiger partial charge is 0.393 e. The van der Waals surface area contributed by atoms with Gasteiger partial charge in [-0.05, 0) is 17.7 Å². The van der Waals surface area contributed by atoms with Gasteiger partial charge >= 0.3 is 0 Å². The number of halogens is 1. The van der Waals surface area contributed by atoms with Crippen molar-refractivity contribution in [3.63, 3.8) is 0 Å². The Hall–Kier alpha value is -0.930. The highest BCUT2D eigenvalue weighted by Gasteiger charge is 2.39. The molecular formula is C13H15BrN2O2. The molecule has 1 aliphatic rings. The van der Waals surface area contributed by atoms with E-state index in [9.17, 15) is 10.4 Å². The minimum Gasteiger partial charge on any atom is -0.393 e. The van der Waals surface area contributed by atoms with Crippen molar-refractivity contribution < 1.29 is 9.84 Å². The van der Waals surface area contributed by atoms with Gasteiger partial charge in [0.25, 0.3) is 0 Å². The van der Waals surface area contributed by atoms with Gasteiger partial charge in [-0.1, -0.05) is 28.1 Å². The Labute approximate surface area is 115 Å². The van der Waals surface area contributed by atoms with E-state index in [1.165, 1.54) is 0 Å². The second-order valence-corrected chi connectivity index (χ2v) is 5.32. The van der Waals surface area contributed by atoms with Gasteiger partial charge in [-0.2, -0.15) is 5.26 Å². The van der Waals surface area contributed by atoms with E-state index in [2.05, 4.69) is 22.0 Å². The maximum atomic E-state index is 9.48. The number of hydrogen-bond acceptors (Lipinski definition) is 4. The first-order valence-corrected chi connectivity index (χ1v) is 6.59. The molecule has 1 aromatic carbocycles. The van der Waals surface area contributed by atoms with Crippen molar-refractivity contribution in [2.24, 2.45) is 0 Å². The molecule has 5 heteroatoms. The lowest BCUT2D eigenvalue weighted by atomic mass is 9.99. The monoisotopic (exact) mass is 310 g/mol. The normalized spacial score (nSPS) is 24.7. The van der Waals surface area contributed by atoms with E-state index in [1.807, 2.05) is 29.2 Å². The molecule has 0 bridgehead atoms. The number of hydrogen-bond donors (Lipinski definition) is 1. The van der Waals surface area contributed by atoms with Crippen molar-refractivity contribution in [3.8, 4) is 6.07 Å². The minimum absolute atomic E-state index is 0.208. The Morgan fingerprint density at radius 2 is 2.17 bits per heavy atom. The van der Waals surface area contributed by atoms with Crippen LogP contribution >= 0.6 is 15.9 Å². The molecule has 1 fully saturated rings. The van der Waals surface area contributed by atoms with Gasteiger partial charge in [0.15, 0.2) is 5.54 Å². The summed E-state index contributed by atoms with van der Waals surface area (Å²) < 4.78 is 6.35. The molecule has 1 heterocycles. The Balaban J connectivity index is 2.15. The van der Waals surface area contributed by atoms with Crippen LogP contribution in [0.3, 0.4) is 0 Å². The Morgan fingerprint density at radius 1 is 1.44 bits per heavy atom. The predicted octanol–water partition coefficient (Wildman–Crippen LogP) is 1.54. The lowest BCUT2D eigenvalue weighted by molar-refractivity contribution is -0.0671. The van der Waals surface area contributed by atoms with Crippen LogP contribution in [-0.2, 0) is 11.3 Å². The van der Waals surface area contributed by atoms with Gasteiger partial charge in [-0.3, -0.25) is 4.90 Å². The van der Waals surface area contributed by atoms with Gasteiger partial charge in [0.1, 0.15) is 0 Å². The van der Waals surface area contributed by atoms with Gasteiger partial charge in [0.05, 0.1) is 25.9 Å². The first-order chi connectivity index (χ1) is 8.70. The Bertz CT molecular complexity index is 443. The van der Waals surface area contributed by atoms with Crippen LogP contribution in [0.15, 0.2) is 28.7 Å². The van der Waals surface area contributed by atoms with Gasteiger partial charge < -0.3 is 9.84 Å². The third kappa shape index (κ3) is 2.73. The van der Waals surface area contributed by atoms with Crippen LogP contribution in [-0.4, -0.2) is 41.9 Å². The fourth-order valence-electron chi connectivity index (χ4n) is 2.05. The quantitative estimate of drug-likeness (QED) is 0.920. The summed E-state index contributed by atoms with van der Waals surface area (Å²) in [6.45, 7) is 1.95. The molecule has 1 N–H and O–H groups in total. The van der Waals surface area contributed by atoms with Crippen molar-refractivity contribution in [1.29, 1.82) is 5.26 Å². The molecule has 2 rings (SSSR count). The zero-order chi connectivity index (χ0) is 13.0. The predicted molar refractivity (Wildman–Crippen MR) is 70.8 cm³/mol. The molecule has 0 amide bonds. The van der Waals surface area contributed by atoms with Crippen molar-refractivity contribution in [2.75, 3.05) is 26.4 Å². The number of aliphatic hydroxyl groups excluding tert-OH is 1. The highest BCUT2D eigenvalue weighted by molar-refractivity contribution is 9.10. The highest BCUT2D eigenvalue weighted by Crippen LogP contribution is 2.22. The number of nitrogens with zero attached hydrogens (tertiary/aromatic N) is 2. The van der Waals surface area contributed by atoms with Crippen LogP contribution in [0.5, 0.6) is 0 Å². The standard InChI is InChI=1S/C13H15BrN2O2/c14-12-3-1-11(2-4-12)7-16-5-6-18-10-13(16,8-15)9-17/h1-4,17H,5-7,9-10H2/t13-/m0/s1. The van der Waals surface area contributed by atoms with E-state index in [0.29, 0.717) is 19.7 Å². The summed E-state index contributed by atoms with van der Waals surface area (Å²) in [7, 11) is 0. The summed E-state index contributed by atoms with van der Waals surface area (Å²) >= 11 is 3.39. The highest BCUT2D eigenvalue weighted by atomic mass is 79.9. The smallest absolute Gasteiger partial charge is 0.156 e. The molecule has 0 aliphatic carbocycles. The molecule has 0 saturated carbocycles. The molecule has 1 saturated heterocycles. The van der Waals surface area contributed by atoms with Crippen LogP contribution in [0.1, 0.15) is 5.56 Å². The number of morpholine rings is 1. The van der Waals surface area contributed by atoms with Crippen LogP contribution in [0.4, 0.5) is 0 Å². The summed E-state index contributed by atoms with van der Waals surface area (Å²) in [6, 6.07) is 10.2. The molecule has 1 atom stereocenters. The zero-order valence-electron chi connectivity index (χ0n) is 9.97. The maximum Gasteiger partial charge on any atom is 0.156 e. The van der Waals surface area contributed by atoms with E-state index in [-0.39, 0.29) is 13.2 Å². The molecule has 0 unspecified atom stereocenters. The van der Waals surface area contributed by atoms with E-state index in [1.54, 1.807) is 0 Å². The molecule has 18 heavy (non-hydrogen) atoms. The Kier molecular flexibility index (Phi) is 4.36. The second kappa shape index (κ2) is 5.81. The number of ether oxygens (including phenoxy) is 1. The zero-order valence-corrected chi connectivity index (χ0v) is 11.6. The average Bonchev–Trinajstić information content (AvgIpc) is 2.42. The lowest BCUT2D eigenvalue weighted by Crippen LogP contribution is -2.57. The fraction of sp³-hybridized carbons (Fsp3) is 0.462. The van der Waals surface area contributed by atoms with Crippen molar-refractivity contribution in [1.82, 2.24) is 4.90 Å². The molecule has 0 spiro atoms. The summed E-state index contributed by atoms with van der Waals surface area (Å²) in [6.07, 6.45) is 0. The molecular weight excluding hydrogens is 296 g/mol. The third-order valence-electron chi connectivity index (χ3n) is 3.21. The number of aliphatic hydroxyl groups is 1. The van der Waals surface area contributed by atoms with E-state index in [0.717, 1.165) is 10.0 Å². The maximum absolute atomic E-state index is 9.48. The summed E-state index contributed by atoms with van der Waals surface area (Å²) in [5.41, 5.74) is 0.207. The van der Waals surface area contributed by atoms with E-state index in [4.69, 9.17) is 4.74 Å². The second-order valence-electron chi connectivity index (χ2n) is 4.40. The first-order valence-electron chi connectivity index (χ1n) is 5.79. The van der Waals surface area contributed by atoms with Gasteiger partial charge in [0, 0.05) is 17.6 Å². The van der Waals surface area contributed by atoms with Crippen LogP contribution in [0.25, 0.3) is 0 Å². The van der Waals surface area contributed by atoms with Gasteiger partial charge in [-0.25, -0.2) is 0 Å².